The average molecular weight is 524 g/mol. The van der Waals surface area contributed by atoms with Crippen LogP contribution in [-0.4, -0.2) is 60.1 Å². The van der Waals surface area contributed by atoms with Gasteiger partial charge in [0.15, 0.2) is 11.5 Å². The average Bonchev–Trinajstić information content (AvgIpc) is 3.58. The minimum Gasteiger partial charge on any atom is -0.504 e. The predicted molar refractivity (Wildman–Crippen MR) is 138 cm³/mol. The summed E-state index contributed by atoms with van der Waals surface area (Å²) < 4.78 is 32.6. The van der Waals surface area contributed by atoms with Crippen LogP contribution in [-0.2, 0) is 20.2 Å². The van der Waals surface area contributed by atoms with Crippen molar-refractivity contribution < 1.29 is 28.2 Å². The van der Waals surface area contributed by atoms with Crippen molar-refractivity contribution in [3.8, 4) is 22.8 Å². The molecule has 9 nitrogen and oxygen atoms in total. The number of sulfonamides is 1. The third-order valence-corrected chi connectivity index (χ3v) is 9.16. The second kappa shape index (κ2) is 9.77. The zero-order valence-corrected chi connectivity index (χ0v) is 21.2. The van der Waals surface area contributed by atoms with Crippen molar-refractivity contribution in [2.75, 3.05) is 25.6 Å². The minimum absolute atomic E-state index is 0.0179. The molecular weight excluding hydrogens is 494 g/mol. The maximum absolute atomic E-state index is 13.2. The first kappa shape index (κ1) is 25.2. The van der Waals surface area contributed by atoms with Gasteiger partial charge >= 0.3 is 0 Å². The van der Waals surface area contributed by atoms with Gasteiger partial charge in [-0.2, -0.15) is 4.31 Å². The molecule has 1 aliphatic carbocycles. The number of aromatic nitrogens is 1. The Morgan fingerprint density at radius 1 is 1.16 bits per heavy atom. The van der Waals surface area contributed by atoms with E-state index in [1.807, 2.05) is 0 Å². The van der Waals surface area contributed by atoms with E-state index in [9.17, 15) is 23.4 Å². The van der Waals surface area contributed by atoms with Gasteiger partial charge in [-0.25, -0.2) is 13.4 Å². The third-order valence-electron chi connectivity index (χ3n) is 7.20. The van der Waals surface area contributed by atoms with Gasteiger partial charge in [-0.15, -0.1) is 0 Å². The summed E-state index contributed by atoms with van der Waals surface area (Å²) in [5.41, 5.74) is 1.37. The van der Waals surface area contributed by atoms with E-state index >= 15 is 0 Å². The number of nitrogens with zero attached hydrogens (tertiary/aromatic N) is 2. The standard InChI is InChI=1S/C27H29N3O6S/c1-36-24-16-19(9-12-23(24)32)27(13-14-27)26(33)29-25-6-2-5-22(28-25)18-7-10-21(11-8-18)37(34,35)30-15-3-4-20(30)17-31/h2,5-12,16,20,31-32H,3-4,13-15,17H2,1H3,(H,28,29,33)/t20-/m0/s1. The minimum atomic E-state index is -3.70. The van der Waals surface area contributed by atoms with Crippen molar-refractivity contribution in [3.63, 3.8) is 0 Å². The van der Waals surface area contributed by atoms with E-state index in [-0.39, 0.29) is 29.2 Å². The van der Waals surface area contributed by atoms with Crippen molar-refractivity contribution in [1.82, 2.24) is 9.29 Å². The number of methoxy groups -OCH3 is 1. The van der Waals surface area contributed by atoms with Gasteiger partial charge in [0.25, 0.3) is 0 Å². The summed E-state index contributed by atoms with van der Waals surface area (Å²) in [6, 6.07) is 16.3. The number of carbonyl (C=O) groups is 1. The van der Waals surface area contributed by atoms with Crippen LogP contribution in [0.25, 0.3) is 11.3 Å². The van der Waals surface area contributed by atoms with Gasteiger partial charge in [0.05, 0.1) is 29.7 Å². The summed E-state index contributed by atoms with van der Waals surface area (Å²) in [7, 11) is -2.23. The number of nitrogens with one attached hydrogen (secondary N) is 1. The molecule has 3 N–H and O–H groups in total. The number of hydrogen-bond donors (Lipinski definition) is 3. The number of aromatic hydroxyl groups is 1. The number of phenols is 1. The molecule has 194 valence electrons. The molecule has 1 aromatic heterocycles. The van der Waals surface area contributed by atoms with E-state index in [1.54, 1.807) is 54.6 Å². The fourth-order valence-corrected chi connectivity index (χ4v) is 6.57. The Morgan fingerprint density at radius 2 is 1.92 bits per heavy atom. The summed E-state index contributed by atoms with van der Waals surface area (Å²) in [6.45, 7) is 0.207. The molecule has 1 saturated carbocycles. The van der Waals surface area contributed by atoms with Gasteiger partial charge in [0, 0.05) is 18.2 Å². The molecular formula is C27H29N3O6S. The Balaban J connectivity index is 1.33. The molecule has 2 aromatic carbocycles. The van der Waals surface area contributed by atoms with Gasteiger partial charge in [-0.3, -0.25) is 4.79 Å². The number of pyridine rings is 1. The first-order valence-electron chi connectivity index (χ1n) is 12.2. The van der Waals surface area contributed by atoms with Crippen molar-refractivity contribution in [2.45, 2.75) is 42.0 Å². The van der Waals surface area contributed by atoms with Gasteiger partial charge in [-0.1, -0.05) is 24.3 Å². The normalized spacial score (nSPS) is 18.9. The van der Waals surface area contributed by atoms with E-state index in [0.717, 1.165) is 12.0 Å². The quantitative estimate of drug-likeness (QED) is 0.413. The lowest BCUT2D eigenvalue weighted by molar-refractivity contribution is -0.118. The van der Waals surface area contributed by atoms with Crippen molar-refractivity contribution in [2.24, 2.45) is 0 Å². The van der Waals surface area contributed by atoms with E-state index in [4.69, 9.17) is 4.74 Å². The Hall–Kier alpha value is -3.47. The second-order valence-electron chi connectivity index (χ2n) is 9.45. The molecule has 1 atom stereocenters. The largest absolute Gasteiger partial charge is 0.504 e. The third kappa shape index (κ3) is 4.68. The molecule has 2 heterocycles. The van der Waals surface area contributed by atoms with E-state index in [0.29, 0.717) is 48.6 Å². The van der Waals surface area contributed by atoms with Crippen LogP contribution >= 0.6 is 0 Å². The number of rotatable bonds is 8. The number of phenolic OH excluding ortho intramolecular Hbond substituents is 1. The Morgan fingerprint density at radius 3 is 2.59 bits per heavy atom. The van der Waals surface area contributed by atoms with E-state index in [2.05, 4.69) is 10.3 Å². The first-order chi connectivity index (χ1) is 17.8. The van der Waals surface area contributed by atoms with Gasteiger partial charge in [0.2, 0.25) is 15.9 Å². The molecule has 1 saturated heterocycles. The second-order valence-corrected chi connectivity index (χ2v) is 11.3. The topological polar surface area (TPSA) is 129 Å². The lowest BCUT2D eigenvalue weighted by atomic mass is 9.94. The molecule has 0 unspecified atom stereocenters. The maximum atomic E-state index is 13.2. The van der Waals surface area contributed by atoms with Gasteiger partial charge in [-0.05, 0) is 67.6 Å². The predicted octanol–water partition coefficient (Wildman–Crippen LogP) is 3.28. The van der Waals surface area contributed by atoms with E-state index in [1.165, 1.54) is 17.5 Å². The monoisotopic (exact) mass is 523 g/mol. The number of ether oxygens (including phenoxy) is 1. The summed E-state index contributed by atoms with van der Waals surface area (Å²) in [4.78, 5) is 18.0. The van der Waals surface area contributed by atoms with Crippen LogP contribution in [0.3, 0.4) is 0 Å². The zero-order valence-electron chi connectivity index (χ0n) is 20.4. The number of amides is 1. The number of aliphatic hydroxyl groups is 1. The van der Waals surface area contributed by atoms with E-state index < -0.39 is 15.4 Å². The lowest BCUT2D eigenvalue weighted by Gasteiger charge is -2.22. The van der Waals surface area contributed by atoms with Crippen LogP contribution in [0.1, 0.15) is 31.2 Å². The molecule has 1 amide bonds. The first-order valence-corrected chi connectivity index (χ1v) is 13.6. The Kier molecular flexibility index (Phi) is 6.65. The maximum Gasteiger partial charge on any atom is 0.243 e. The molecule has 5 rings (SSSR count). The van der Waals surface area contributed by atoms with Crippen molar-refractivity contribution in [1.29, 1.82) is 0 Å². The fourth-order valence-electron chi connectivity index (χ4n) is 4.89. The molecule has 0 radical (unpaired) electrons. The van der Waals surface area contributed by atoms with Crippen LogP contribution in [0.2, 0.25) is 0 Å². The number of aliphatic hydroxyl groups excluding tert-OH is 1. The molecule has 3 aromatic rings. The van der Waals surface area contributed by atoms with Crippen LogP contribution in [0.15, 0.2) is 65.6 Å². The molecule has 1 aliphatic heterocycles. The number of hydrogen-bond acceptors (Lipinski definition) is 7. The van der Waals surface area contributed by atoms with Gasteiger partial charge in [0.1, 0.15) is 5.82 Å². The summed E-state index contributed by atoms with van der Waals surface area (Å²) in [6.07, 6.45) is 2.73. The molecule has 0 spiro atoms. The highest BCUT2D eigenvalue weighted by molar-refractivity contribution is 7.89. The lowest BCUT2D eigenvalue weighted by Crippen LogP contribution is -2.37. The summed E-state index contributed by atoms with van der Waals surface area (Å²) >= 11 is 0. The molecule has 10 heteroatoms. The molecule has 2 fully saturated rings. The van der Waals surface area contributed by atoms with Crippen molar-refractivity contribution >= 4 is 21.7 Å². The Labute approximate surface area is 215 Å². The highest BCUT2D eigenvalue weighted by Crippen LogP contribution is 2.50. The molecule has 0 bridgehead atoms. The number of benzene rings is 2. The Bertz CT molecular complexity index is 1420. The number of anilines is 1. The molecule has 37 heavy (non-hydrogen) atoms. The van der Waals surface area contributed by atoms with Gasteiger partial charge < -0.3 is 20.3 Å². The summed E-state index contributed by atoms with van der Waals surface area (Å²) in [5, 5.41) is 22.3. The zero-order chi connectivity index (χ0) is 26.2. The van der Waals surface area contributed by atoms with Crippen LogP contribution in [0.5, 0.6) is 11.5 Å². The smallest absolute Gasteiger partial charge is 0.243 e. The van der Waals surface area contributed by atoms with Crippen molar-refractivity contribution in [3.05, 3.63) is 66.2 Å². The highest BCUT2D eigenvalue weighted by Gasteiger charge is 2.51. The van der Waals surface area contributed by atoms with Crippen LogP contribution in [0, 0.1) is 0 Å². The molecule has 2 aliphatic rings. The number of carbonyl (C=O) groups excluding carboxylic acids is 1. The van der Waals surface area contributed by atoms with Crippen LogP contribution < -0.4 is 10.1 Å². The fraction of sp³-hybridized carbons (Fsp3) is 0.333. The highest BCUT2D eigenvalue weighted by atomic mass is 32.2. The van der Waals surface area contributed by atoms with Crippen LogP contribution in [0.4, 0.5) is 5.82 Å². The SMILES string of the molecule is COc1cc(C2(C(=O)Nc3cccc(-c4ccc(S(=O)(=O)N5CCC[C@H]5CO)cc4)n3)CC2)ccc1O. The summed E-state index contributed by atoms with van der Waals surface area (Å²) in [5.74, 6) is 0.539.